The summed E-state index contributed by atoms with van der Waals surface area (Å²) in [6.07, 6.45) is 0. The molecule has 0 saturated heterocycles. The molecule has 0 aromatic heterocycles. The van der Waals surface area contributed by atoms with Gasteiger partial charge in [0.05, 0.1) is 6.54 Å². The van der Waals surface area contributed by atoms with Crippen molar-refractivity contribution in [3.05, 3.63) is 34.9 Å². The Morgan fingerprint density at radius 2 is 1.74 bits per heavy atom. The average Bonchev–Trinajstić information content (AvgIpc) is 2.36. The highest BCUT2D eigenvalue weighted by Gasteiger charge is 1.97. The van der Waals surface area contributed by atoms with Gasteiger partial charge >= 0.3 is 0 Å². The van der Waals surface area contributed by atoms with Gasteiger partial charge in [-0.05, 0) is 23.6 Å². The number of aliphatic imine (C=N–C) groups is 2. The Balaban J connectivity index is 2.48. The first kappa shape index (κ1) is 15.3. The van der Waals surface area contributed by atoms with Crippen LogP contribution in [0.3, 0.4) is 0 Å². The minimum Gasteiger partial charge on any atom is -0.370 e. The van der Waals surface area contributed by atoms with Crippen LogP contribution >= 0.6 is 11.6 Å². The second-order valence-electron chi connectivity index (χ2n) is 4.57. The number of guanidine groups is 2. The van der Waals surface area contributed by atoms with Gasteiger partial charge in [0.2, 0.25) is 0 Å². The van der Waals surface area contributed by atoms with Crippen molar-refractivity contribution in [1.82, 2.24) is 5.32 Å². The minimum absolute atomic E-state index is 0.250. The van der Waals surface area contributed by atoms with Crippen LogP contribution in [0, 0.1) is 5.92 Å². The Labute approximate surface area is 118 Å². The summed E-state index contributed by atoms with van der Waals surface area (Å²) in [6, 6.07) is 7.42. The Morgan fingerprint density at radius 1 is 1.16 bits per heavy atom. The summed E-state index contributed by atoms with van der Waals surface area (Å²) in [4.78, 5) is 8.31. The molecule has 1 aromatic rings. The molecular weight excluding hydrogens is 262 g/mol. The molecule has 1 aromatic carbocycles. The minimum atomic E-state index is 0.250. The van der Waals surface area contributed by atoms with E-state index < -0.39 is 0 Å². The number of hydrogen-bond acceptors (Lipinski definition) is 2. The van der Waals surface area contributed by atoms with Crippen molar-refractivity contribution in [2.75, 3.05) is 6.54 Å². The van der Waals surface area contributed by atoms with Crippen LogP contribution in [0.5, 0.6) is 0 Å². The van der Waals surface area contributed by atoms with Crippen LogP contribution in [0.4, 0.5) is 0 Å². The van der Waals surface area contributed by atoms with E-state index in [4.69, 9.17) is 23.1 Å². The maximum Gasteiger partial charge on any atom is 0.195 e. The van der Waals surface area contributed by atoms with E-state index in [1.54, 1.807) is 0 Å². The van der Waals surface area contributed by atoms with Gasteiger partial charge in [-0.2, -0.15) is 0 Å². The molecule has 19 heavy (non-hydrogen) atoms. The molecule has 5 N–H and O–H groups in total. The predicted octanol–water partition coefficient (Wildman–Crippen LogP) is 1.72. The summed E-state index contributed by atoms with van der Waals surface area (Å²) < 4.78 is 0. The molecule has 104 valence electrons. The van der Waals surface area contributed by atoms with Gasteiger partial charge in [-0.3, -0.25) is 10.3 Å². The van der Waals surface area contributed by atoms with Crippen molar-refractivity contribution in [3.8, 4) is 0 Å². The van der Waals surface area contributed by atoms with Crippen molar-refractivity contribution < 1.29 is 0 Å². The lowest BCUT2D eigenvalue weighted by molar-refractivity contribution is 0.663. The van der Waals surface area contributed by atoms with E-state index >= 15 is 0 Å². The fourth-order valence-electron chi connectivity index (χ4n) is 1.26. The zero-order valence-corrected chi connectivity index (χ0v) is 12.0. The first-order chi connectivity index (χ1) is 8.97. The largest absolute Gasteiger partial charge is 0.370 e. The SMILES string of the molecule is CC(C)CN=C(N)NC(N)=NCc1ccc(Cl)cc1. The smallest absolute Gasteiger partial charge is 0.195 e. The van der Waals surface area contributed by atoms with Gasteiger partial charge in [-0.1, -0.05) is 37.6 Å². The molecule has 0 aliphatic heterocycles. The van der Waals surface area contributed by atoms with Gasteiger partial charge in [0.1, 0.15) is 0 Å². The molecule has 0 fully saturated rings. The normalized spacial score (nSPS) is 12.8. The molecule has 0 amide bonds. The molecule has 0 atom stereocenters. The second kappa shape index (κ2) is 7.63. The van der Waals surface area contributed by atoms with Crippen molar-refractivity contribution >= 4 is 23.5 Å². The number of benzene rings is 1. The third-order valence-electron chi connectivity index (χ3n) is 2.23. The first-order valence-electron chi connectivity index (χ1n) is 6.08. The van der Waals surface area contributed by atoms with Gasteiger partial charge in [-0.25, -0.2) is 4.99 Å². The molecule has 0 spiro atoms. The molecule has 0 unspecified atom stereocenters. The third-order valence-corrected chi connectivity index (χ3v) is 2.48. The van der Waals surface area contributed by atoms with Gasteiger partial charge < -0.3 is 11.5 Å². The molecule has 0 bridgehead atoms. The molecular formula is C13H20ClN5. The Kier molecular flexibility index (Phi) is 6.15. The van der Waals surface area contributed by atoms with Gasteiger partial charge in [0.25, 0.3) is 0 Å². The number of rotatable bonds is 4. The molecule has 1 rings (SSSR count). The fraction of sp³-hybridized carbons (Fsp3) is 0.385. The molecule has 0 aliphatic rings. The van der Waals surface area contributed by atoms with Crippen molar-refractivity contribution in [2.24, 2.45) is 27.4 Å². The van der Waals surface area contributed by atoms with Gasteiger partial charge in [0.15, 0.2) is 11.9 Å². The van der Waals surface area contributed by atoms with Crippen LogP contribution in [-0.4, -0.2) is 18.5 Å². The molecule has 0 aliphatic carbocycles. The van der Waals surface area contributed by atoms with Crippen LogP contribution in [0.25, 0.3) is 0 Å². The molecule has 0 heterocycles. The van der Waals surface area contributed by atoms with Crippen molar-refractivity contribution in [1.29, 1.82) is 0 Å². The van der Waals surface area contributed by atoms with Crippen molar-refractivity contribution in [3.63, 3.8) is 0 Å². The molecule has 5 nitrogen and oxygen atoms in total. The maximum atomic E-state index is 5.80. The Hall–Kier alpha value is -1.75. The van der Waals surface area contributed by atoms with Crippen LogP contribution in [0.1, 0.15) is 19.4 Å². The fourth-order valence-corrected chi connectivity index (χ4v) is 1.38. The highest BCUT2D eigenvalue weighted by atomic mass is 35.5. The summed E-state index contributed by atoms with van der Waals surface area (Å²) in [5.74, 6) is 0.985. The van der Waals surface area contributed by atoms with E-state index in [2.05, 4.69) is 29.1 Å². The summed E-state index contributed by atoms with van der Waals surface area (Å²) >= 11 is 5.80. The zero-order valence-electron chi connectivity index (χ0n) is 11.2. The monoisotopic (exact) mass is 281 g/mol. The van der Waals surface area contributed by atoms with E-state index in [0.29, 0.717) is 24.0 Å². The summed E-state index contributed by atoms with van der Waals surface area (Å²) in [5.41, 5.74) is 12.4. The van der Waals surface area contributed by atoms with Crippen LogP contribution in [0.15, 0.2) is 34.3 Å². The summed E-state index contributed by atoms with van der Waals surface area (Å²) in [5, 5.41) is 3.44. The number of nitrogens with zero attached hydrogens (tertiary/aromatic N) is 2. The number of nitrogens with one attached hydrogen (secondary N) is 1. The van der Waals surface area contributed by atoms with Gasteiger partial charge in [-0.15, -0.1) is 0 Å². The first-order valence-corrected chi connectivity index (χ1v) is 6.46. The summed E-state index contributed by atoms with van der Waals surface area (Å²) in [6.45, 7) is 5.25. The van der Waals surface area contributed by atoms with E-state index in [-0.39, 0.29) is 11.9 Å². The average molecular weight is 282 g/mol. The van der Waals surface area contributed by atoms with E-state index in [1.807, 2.05) is 24.3 Å². The lowest BCUT2D eigenvalue weighted by Crippen LogP contribution is -2.41. The predicted molar refractivity (Wildman–Crippen MR) is 81.2 cm³/mol. The Morgan fingerprint density at radius 3 is 2.32 bits per heavy atom. The highest BCUT2D eigenvalue weighted by molar-refractivity contribution is 6.30. The summed E-state index contributed by atoms with van der Waals surface area (Å²) in [7, 11) is 0. The lowest BCUT2D eigenvalue weighted by atomic mass is 10.2. The van der Waals surface area contributed by atoms with Crippen LogP contribution in [-0.2, 0) is 6.54 Å². The van der Waals surface area contributed by atoms with E-state index in [0.717, 1.165) is 5.56 Å². The maximum absolute atomic E-state index is 5.80. The quantitative estimate of drug-likeness (QED) is 0.580. The second-order valence-corrected chi connectivity index (χ2v) is 5.01. The van der Waals surface area contributed by atoms with E-state index in [9.17, 15) is 0 Å². The van der Waals surface area contributed by atoms with Crippen LogP contribution < -0.4 is 16.8 Å². The molecule has 0 radical (unpaired) electrons. The topological polar surface area (TPSA) is 88.8 Å². The number of nitrogens with two attached hydrogens (primary N) is 2. The number of hydrogen-bond donors (Lipinski definition) is 3. The van der Waals surface area contributed by atoms with Crippen LogP contribution in [0.2, 0.25) is 5.02 Å². The molecule has 6 heteroatoms. The zero-order chi connectivity index (χ0) is 14.3. The van der Waals surface area contributed by atoms with Crippen molar-refractivity contribution in [2.45, 2.75) is 20.4 Å². The Bertz CT molecular complexity index is 451. The lowest BCUT2D eigenvalue weighted by Gasteiger charge is -2.06. The standard InChI is InChI=1S/C13H20ClN5/c1-9(2)7-17-12(15)19-13(16)18-8-10-3-5-11(14)6-4-10/h3-6,9H,7-8H2,1-2H3,(H5,15,16,17,18,19). The van der Waals surface area contributed by atoms with E-state index in [1.165, 1.54) is 0 Å². The molecule has 0 saturated carbocycles. The number of halogens is 1. The van der Waals surface area contributed by atoms with Gasteiger partial charge in [0, 0.05) is 11.6 Å². The highest BCUT2D eigenvalue weighted by Crippen LogP contribution is 2.09. The third kappa shape index (κ3) is 6.67.